The third-order valence-corrected chi connectivity index (χ3v) is 7.62. The van der Waals surface area contributed by atoms with Crippen LogP contribution in [0.25, 0.3) is 0 Å². The summed E-state index contributed by atoms with van der Waals surface area (Å²) in [6.45, 7) is 3.46. The molecule has 0 spiro atoms. The molecule has 0 saturated carbocycles. The Bertz CT molecular complexity index is 1260. The second-order valence-electron chi connectivity index (χ2n) is 7.70. The van der Waals surface area contributed by atoms with Gasteiger partial charge in [-0.05, 0) is 73.0 Å². The Kier molecular flexibility index (Phi) is 8.47. The Morgan fingerprint density at radius 1 is 1.03 bits per heavy atom. The molecule has 1 amide bonds. The summed E-state index contributed by atoms with van der Waals surface area (Å²) < 4.78 is 33.3. The number of hydrogen-bond donors (Lipinski definition) is 1. The summed E-state index contributed by atoms with van der Waals surface area (Å²) in [6.07, 6.45) is 0.624. The van der Waals surface area contributed by atoms with Crippen molar-refractivity contribution in [1.29, 1.82) is 0 Å². The lowest BCUT2D eigenvalue weighted by Gasteiger charge is -2.26. The maximum atomic E-state index is 13.5. The van der Waals surface area contributed by atoms with E-state index in [9.17, 15) is 13.2 Å². The van der Waals surface area contributed by atoms with Crippen LogP contribution in [0.3, 0.4) is 0 Å². The van der Waals surface area contributed by atoms with Crippen LogP contribution in [0.15, 0.2) is 71.6 Å². The van der Waals surface area contributed by atoms with Gasteiger partial charge in [-0.15, -0.1) is 0 Å². The van der Waals surface area contributed by atoms with Gasteiger partial charge in [0.15, 0.2) is 0 Å². The summed E-state index contributed by atoms with van der Waals surface area (Å²) in [6, 6.07) is 17.6. The molecule has 3 aromatic carbocycles. The number of rotatable bonds is 9. The highest BCUT2D eigenvalue weighted by Crippen LogP contribution is 2.28. The van der Waals surface area contributed by atoms with Crippen molar-refractivity contribution in [2.24, 2.45) is 0 Å². The number of amides is 1. The first-order valence-electron chi connectivity index (χ1n) is 10.6. The molecule has 0 aliphatic carbocycles. The zero-order valence-electron chi connectivity index (χ0n) is 19.1. The van der Waals surface area contributed by atoms with Crippen LogP contribution in [0, 0.1) is 6.92 Å². The second kappa shape index (κ2) is 11.1. The van der Waals surface area contributed by atoms with Gasteiger partial charge in [-0.1, -0.05) is 48.3 Å². The van der Waals surface area contributed by atoms with Crippen molar-refractivity contribution >= 4 is 44.8 Å². The highest BCUT2D eigenvalue weighted by atomic mass is 35.5. The van der Waals surface area contributed by atoms with E-state index in [1.807, 2.05) is 32.0 Å². The van der Waals surface area contributed by atoms with E-state index >= 15 is 0 Å². The van der Waals surface area contributed by atoms with Crippen molar-refractivity contribution in [1.82, 2.24) is 5.32 Å². The Labute approximate surface area is 210 Å². The Morgan fingerprint density at radius 3 is 2.32 bits per heavy atom. The quantitative estimate of drug-likeness (QED) is 0.388. The van der Waals surface area contributed by atoms with Crippen molar-refractivity contribution in [2.45, 2.75) is 31.2 Å². The van der Waals surface area contributed by atoms with Crippen molar-refractivity contribution in [3.63, 3.8) is 0 Å². The van der Waals surface area contributed by atoms with Gasteiger partial charge in [0.1, 0.15) is 12.3 Å². The zero-order chi connectivity index (χ0) is 24.9. The molecule has 0 unspecified atom stereocenters. The Balaban J connectivity index is 1.90. The van der Waals surface area contributed by atoms with Gasteiger partial charge in [0.25, 0.3) is 10.0 Å². The monoisotopic (exact) mass is 520 g/mol. The van der Waals surface area contributed by atoms with E-state index in [4.69, 9.17) is 27.9 Å². The van der Waals surface area contributed by atoms with E-state index in [0.29, 0.717) is 16.5 Å². The van der Waals surface area contributed by atoms with Crippen LogP contribution in [0.5, 0.6) is 5.75 Å². The van der Waals surface area contributed by atoms with E-state index in [1.165, 1.54) is 30.3 Å². The lowest BCUT2D eigenvalue weighted by molar-refractivity contribution is -0.120. The molecule has 9 heteroatoms. The van der Waals surface area contributed by atoms with Gasteiger partial charge < -0.3 is 10.1 Å². The number of nitrogens with zero attached hydrogens (tertiary/aromatic N) is 1. The standard InChI is InChI=1S/C25H26Cl2N2O4S/c1-4-23(18-8-13-24(33-3)17(2)14-18)28-25(30)16-29(21-7-5-6-20(27)15-21)34(31,32)22-11-9-19(26)10-12-22/h5-15,23H,4,16H2,1-3H3,(H,28,30)/t23-/m0/s1. The van der Waals surface area contributed by atoms with Crippen LogP contribution >= 0.6 is 23.2 Å². The summed E-state index contributed by atoms with van der Waals surface area (Å²) in [7, 11) is -2.46. The number of benzene rings is 3. The Morgan fingerprint density at radius 2 is 1.74 bits per heavy atom. The molecule has 0 aliphatic rings. The molecule has 0 saturated heterocycles. The molecule has 0 bridgehead atoms. The molecule has 34 heavy (non-hydrogen) atoms. The third kappa shape index (κ3) is 6.03. The second-order valence-corrected chi connectivity index (χ2v) is 10.4. The fourth-order valence-corrected chi connectivity index (χ4v) is 5.31. The average Bonchev–Trinajstić information content (AvgIpc) is 2.81. The van der Waals surface area contributed by atoms with E-state index in [1.54, 1.807) is 25.3 Å². The van der Waals surface area contributed by atoms with E-state index < -0.39 is 22.5 Å². The number of aryl methyl sites for hydroxylation is 1. The maximum Gasteiger partial charge on any atom is 0.264 e. The molecule has 0 radical (unpaired) electrons. The van der Waals surface area contributed by atoms with Gasteiger partial charge in [-0.25, -0.2) is 8.42 Å². The van der Waals surface area contributed by atoms with Crippen LogP contribution < -0.4 is 14.4 Å². The van der Waals surface area contributed by atoms with Gasteiger partial charge in [0, 0.05) is 10.0 Å². The first kappa shape index (κ1) is 25.9. The molecule has 3 aromatic rings. The van der Waals surface area contributed by atoms with Crippen molar-refractivity contribution in [3.05, 3.63) is 87.9 Å². The SMILES string of the molecule is CC[C@H](NC(=O)CN(c1cccc(Cl)c1)S(=O)(=O)c1ccc(Cl)cc1)c1ccc(OC)c(C)c1. The van der Waals surface area contributed by atoms with Gasteiger partial charge in [0.2, 0.25) is 5.91 Å². The average molecular weight is 521 g/mol. The van der Waals surface area contributed by atoms with E-state index in [2.05, 4.69) is 5.32 Å². The van der Waals surface area contributed by atoms with Gasteiger partial charge in [0.05, 0.1) is 23.7 Å². The van der Waals surface area contributed by atoms with Gasteiger partial charge in [-0.3, -0.25) is 9.10 Å². The summed E-state index contributed by atoms with van der Waals surface area (Å²) in [5.74, 6) is 0.309. The number of anilines is 1. The third-order valence-electron chi connectivity index (χ3n) is 5.35. The molecular formula is C25H26Cl2N2O4S. The first-order valence-corrected chi connectivity index (χ1v) is 12.8. The summed E-state index contributed by atoms with van der Waals surface area (Å²) in [4.78, 5) is 13.1. The lowest BCUT2D eigenvalue weighted by atomic mass is 10.0. The predicted molar refractivity (Wildman–Crippen MR) is 136 cm³/mol. The Hall–Kier alpha value is -2.74. The molecule has 0 fully saturated rings. The minimum absolute atomic E-state index is 0.0162. The van der Waals surface area contributed by atoms with Gasteiger partial charge in [-0.2, -0.15) is 0 Å². The van der Waals surface area contributed by atoms with Crippen LogP contribution in [0.2, 0.25) is 10.0 Å². The minimum atomic E-state index is -4.07. The zero-order valence-corrected chi connectivity index (χ0v) is 21.4. The molecule has 1 atom stereocenters. The summed E-state index contributed by atoms with van der Waals surface area (Å²) in [5, 5.41) is 3.72. The number of methoxy groups -OCH3 is 1. The number of hydrogen-bond acceptors (Lipinski definition) is 4. The normalized spacial score (nSPS) is 12.1. The number of carbonyl (C=O) groups is 1. The molecule has 1 N–H and O–H groups in total. The lowest BCUT2D eigenvalue weighted by Crippen LogP contribution is -2.42. The van der Waals surface area contributed by atoms with Crippen LogP contribution in [-0.2, 0) is 14.8 Å². The maximum absolute atomic E-state index is 13.5. The van der Waals surface area contributed by atoms with Crippen molar-refractivity contribution in [2.75, 3.05) is 18.0 Å². The topological polar surface area (TPSA) is 75.7 Å². The fourth-order valence-electron chi connectivity index (χ4n) is 3.59. The minimum Gasteiger partial charge on any atom is -0.496 e. The molecule has 0 aromatic heterocycles. The van der Waals surface area contributed by atoms with Crippen LogP contribution in [0.4, 0.5) is 5.69 Å². The highest BCUT2D eigenvalue weighted by Gasteiger charge is 2.28. The first-order chi connectivity index (χ1) is 16.1. The molecule has 0 heterocycles. The fraction of sp³-hybridized carbons (Fsp3) is 0.240. The number of sulfonamides is 1. The van der Waals surface area contributed by atoms with E-state index in [-0.39, 0.29) is 16.6 Å². The van der Waals surface area contributed by atoms with Crippen molar-refractivity contribution < 1.29 is 17.9 Å². The number of carbonyl (C=O) groups excluding carboxylic acids is 1. The summed E-state index contributed by atoms with van der Waals surface area (Å²) in [5.41, 5.74) is 2.13. The molecule has 180 valence electrons. The van der Waals surface area contributed by atoms with Crippen LogP contribution in [0.1, 0.15) is 30.5 Å². The highest BCUT2D eigenvalue weighted by molar-refractivity contribution is 7.92. The van der Waals surface area contributed by atoms with Crippen LogP contribution in [-0.4, -0.2) is 28.0 Å². The number of ether oxygens (including phenoxy) is 1. The smallest absolute Gasteiger partial charge is 0.264 e. The van der Waals surface area contributed by atoms with Gasteiger partial charge >= 0.3 is 0 Å². The largest absolute Gasteiger partial charge is 0.496 e. The van der Waals surface area contributed by atoms with Crippen molar-refractivity contribution in [3.8, 4) is 5.75 Å². The predicted octanol–water partition coefficient (Wildman–Crippen LogP) is 5.77. The molecule has 6 nitrogen and oxygen atoms in total. The molecule has 0 aliphatic heterocycles. The molecular weight excluding hydrogens is 495 g/mol. The van der Waals surface area contributed by atoms with E-state index in [0.717, 1.165) is 21.2 Å². The molecule has 3 rings (SSSR count). The number of nitrogens with one attached hydrogen (secondary N) is 1. The summed E-state index contributed by atoms with van der Waals surface area (Å²) >= 11 is 12.0. The number of halogens is 2.